The summed E-state index contributed by atoms with van der Waals surface area (Å²) in [7, 11) is -2.20. The fraction of sp³-hybridized carbons (Fsp3) is 0.250. The van der Waals surface area contributed by atoms with E-state index in [1.807, 2.05) is 36.4 Å². The largest absolute Gasteiger partial charge is 0.490 e. The average Bonchev–Trinajstić information content (AvgIpc) is 2.83. The molecule has 0 unspecified atom stereocenters. The number of hydrogen-bond acceptors (Lipinski definition) is 5. The maximum atomic E-state index is 13.4. The van der Waals surface area contributed by atoms with Gasteiger partial charge in [0, 0.05) is 24.2 Å². The van der Waals surface area contributed by atoms with Crippen LogP contribution in [0.2, 0.25) is 0 Å². The number of nitrogens with two attached hydrogens (primary N) is 2. The summed E-state index contributed by atoms with van der Waals surface area (Å²) in [5, 5.41) is 9.35. The number of fused-ring (bicyclic) bond motifs is 1. The minimum absolute atomic E-state index is 0.0124. The van der Waals surface area contributed by atoms with Crippen molar-refractivity contribution in [2.24, 2.45) is 21.7 Å². The molecule has 172 valence electrons. The Balaban J connectivity index is 1.51. The van der Waals surface area contributed by atoms with Crippen LogP contribution in [0.1, 0.15) is 25.7 Å². The zero-order chi connectivity index (χ0) is 23.4. The summed E-state index contributed by atoms with van der Waals surface area (Å²) < 4.78 is 34.3. The quantitative estimate of drug-likeness (QED) is 0.327. The highest BCUT2D eigenvalue weighted by molar-refractivity contribution is 7.93. The molecule has 0 amide bonds. The van der Waals surface area contributed by atoms with Gasteiger partial charge >= 0.3 is 0 Å². The predicted molar refractivity (Wildman–Crippen MR) is 132 cm³/mol. The smallest absolute Gasteiger partial charge is 0.264 e. The number of guanidine groups is 1. The lowest BCUT2D eigenvalue weighted by atomic mass is 9.96. The van der Waals surface area contributed by atoms with Gasteiger partial charge in [-0.1, -0.05) is 42.5 Å². The molecule has 3 aromatic rings. The zero-order valence-electron chi connectivity index (χ0n) is 18.4. The van der Waals surface area contributed by atoms with Crippen LogP contribution in [0.4, 0.5) is 5.69 Å². The molecule has 3 aromatic carbocycles. The Hall–Kier alpha value is -3.59. The maximum absolute atomic E-state index is 13.4. The van der Waals surface area contributed by atoms with Crippen LogP contribution in [0.5, 0.6) is 5.75 Å². The molecule has 1 saturated carbocycles. The molecule has 0 atom stereocenters. The van der Waals surface area contributed by atoms with Crippen molar-refractivity contribution >= 4 is 38.2 Å². The van der Waals surface area contributed by atoms with E-state index in [4.69, 9.17) is 16.2 Å². The summed E-state index contributed by atoms with van der Waals surface area (Å²) in [6.45, 7) is 0. The van der Waals surface area contributed by atoms with Crippen molar-refractivity contribution in [1.29, 1.82) is 0 Å². The third-order valence-corrected chi connectivity index (χ3v) is 7.53. The van der Waals surface area contributed by atoms with E-state index < -0.39 is 10.0 Å². The van der Waals surface area contributed by atoms with Crippen LogP contribution in [0.15, 0.2) is 81.8 Å². The number of nitrogens with zero attached hydrogens (tertiary/aromatic N) is 3. The lowest BCUT2D eigenvalue weighted by molar-refractivity contribution is 0.178. The molecule has 33 heavy (non-hydrogen) atoms. The van der Waals surface area contributed by atoms with E-state index >= 15 is 0 Å². The third kappa shape index (κ3) is 5.09. The Morgan fingerprint density at radius 3 is 2.45 bits per heavy atom. The Morgan fingerprint density at radius 2 is 1.70 bits per heavy atom. The van der Waals surface area contributed by atoms with Gasteiger partial charge in [0.15, 0.2) is 0 Å². The van der Waals surface area contributed by atoms with Gasteiger partial charge < -0.3 is 16.2 Å². The average molecular weight is 466 g/mol. The Labute approximate surface area is 193 Å². The van der Waals surface area contributed by atoms with Crippen LogP contribution in [-0.2, 0) is 10.0 Å². The molecule has 0 heterocycles. The van der Waals surface area contributed by atoms with Gasteiger partial charge in [0.05, 0.1) is 16.7 Å². The number of rotatable bonds is 6. The van der Waals surface area contributed by atoms with E-state index in [9.17, 15) is 8.42 Å². The first kappa shape index (κ1) is 22.6. The molecule has 0 bridgehead atoms. The number of sulfonamides is 1. The van der Waals surface area contributed by atoms with Crippen LogP contribution in [-0.4, -0.2) is 33.2 Å². The minimum atomic E-state index is -3.76. The molecule has 0 aromatic heterocycles. The molecule has 1 fully saturated rings. The van der Waals surface area contributed by atoms with E-state index in [1.54, 1.807) is 37.4 Å². The van der Waals surface area contributed by atoms with E-state index in [1.165, 1.54) is 4.31 Å². The topological polar surface area (TPSA) is 123 Å². The second-order valence-electron chi connectivity index (χ2n) is 7.96. The van der Waals surface area contributed by atoms with Gasteiger partial charge in [-0.2, -0.15) is 5.10 Å². The monoisotopic (exact) mass is 465 g/mol. The summed E-state index contributed by atoms with van der Waals surface area (Å²) in [5.41, 5.74) is 12.1. The molecule has 1 aliphatic carbocycles. The van der Waals surface area contributed by atoms with Gasteiger partial charge in [0.25, 0.3) is 10.0 Å². The standard InChI is InChI=1S/C24H27N5O3S/c1-29(33(30,31)23-11-4-7-17-6-2-3-10-22(17)23)19-8-5-9-21(16-19)32-20-14-12-18(13-15-20)27-28-24(25)26/h2-11,16,20H,12-15H2,1H3,(H4,25,26,28). The van der Waals surface area contributed by atoms with Gasteiger partial charge in [-0.05, 0) is 49.3 Å². The zero-order valence-corrected chi connectivity index (χ0v) is 19.2. The van der Waals surface area contributed by atoms with Gasteiger partial charge in [-0.3, -0.25) is 4.31 Å². The SMILES string of the molecule is CN(c1cccc(OC2CCC(=NN=C(N)N)CC2)c1)S(=O)(=O)c1cccc2ccccc12. The Bertz CT molecular complexity index is 1300. The molecule has 0 saturated heterocycles. The molecular weight excluding hydrogens is 438 g/mol. The summed E-state index contributed by atoms with van der Waals surface area (Å²) in [5.74, 6) is 0.572. The maximum Gasteiger partial charge on any atom is 0.264 e. The fourth-order valence-electron chi connectivity index (χ4n) is 3.92. The van der Waals surface area contributed by atoms with Crippen molar-refractivity contribution in [3.8, 4) is 5.75 Å². The summed E-state index contributed by atoms with van der Waals surface area (Å²) in [6.07, 6.45) is 3.08. The van der Waals surface area contributed by atoms with Crippen LogP contribution in [0, 0.1) is 0 Å². The number of benzene rings is 3. The Kier molecular flexibility index (Phi) is 6.50. The van der Waals surface area contributed by atoms with Crippen LogP contribution < -0.4 is 20.5 Å². The van der Waals surface area contributed by atoms with Gasteiger partial charge in [-0.25, -0.2) is 8.42 Å². The highest BCUT2D eigenvalue weighted by Crippen LogP contribution is 2.31. The van der Waals surface area contributed by atoms with Crippen LogP contribution in [0.3, 0.4) is 0 Å². The summed E-state index contributed by atoms with van der Waals surface area (Å²) in [6, 6.07) is 19.9. The number of hydrogen-bond donors (Lipinski definition) is 2. The van der Waals surface area contributed by atoms with Crippen molar-refractivity contribution in [2.45, 2.75) is 36.7 Å². The molecule has 0 aliphatic heterocycles. The van der Waals surface area contributed by atoms with Crippen molar-refractivity contribution in [2.75, 3.05) is 11.4 Å². The normalized spacial score (nSPS) is 16.3. The van der Waals surface area contributed by atoms with E-state index in [-0.39, 0.29) is 17.0 Å². The molecule has 4 rings (SSSR count). The van der Waals surface area contributed by atoms with Crippen LogP contribution in [0.25, 0.3) is 10.8 Å². The van der Waals surface area contributed by atoms with Crippen molar-refractivity contribution in [3.05, 3.63) is 66.7 Å². The Morgan fingerprint density at radius 1 is 1.00 bits per heavy atom. The fourth-order valence-corrected chi connectivity index (χ4v) is 5.32. The van der Waals surface area contributed by atoms with Crippen molar-refractivity contribution in [3.63, 3.8) is 0 Å². The molecule has 1 aliphatic rings. The molecular formula is C24H27N5O3S. The lowest BCUT2D eigenvalue weighted by Gasteiger charge is -2.25. The highest BCUT2D eigenvalue weighted by Gasteiger charge is 2.24. The van der Waals surface area contributed by atoms with Gasteiger partial charge in [0.2, 0.25) is 5.96 Å². The molecule has 9 heteroatoms. The summed E-state index contributed by atoms with van der Waals surface area (Å²) in [4.78, 5) is 0.272. The number of anilines is 1. The first-order valence-electron chi connectivity index (χ1n) is 10.7. The third-order valence-electron chi connectivity index (χ3n) is 5.69. The molecule has 0 spiro atoms. The van der Waals surface area contributed by atoms with E-state index in [0.29, 0.717) is 16.8 Å². The van der Waals surface area contributed by atoms with Gasteiger partial charge in [0.1, 0.15) is 5.75 Å². The van der Waals surface area contributed by atoms with Crippen molar-refractivity contribution in [1.82, 2.24) is 0 Å². The second kappa shape index (κ2) is 9.50. The first-order valence-corrected chi connectivity index (χ1v) is 12.2. The lowest BCUT2D eigenvalue weighted by Crippen LogP contribution is -2.27. The predicted octanol–water partition coefficient (Wildman–Crippen LogP) is 3.62. The van der Waals surface area contributed by atoms with Gasteiger partial charge in [-0.15, -0.1) is 5.10 Å². The first-order chi connectivity index (χ1) is 15.8. The second-order valence-corrected chi connectivity index (χ2v) is 9.89. The highest BCUT2D eigenvalue weighted by atomic mass is 32.2. The van der Waals surface area contributed by atoms with E-state index in [0.717, 1.165) is 36.8 Å². The summed E-state index contributed by atoms with van der Waals surface area (Å²) >= 11 is 0. The van der Waals surface area contributed by atoms with Crippen molar-refractivity contribution < 1.29 is 13.2 Å². The molecule has 0 radical (unpaired) electrons. The number of ether oxygens (including phenoxy) is 1. The van der Waals surface area contributed by atoms with Crippen LogP contribution >= 0.6 is 0 Å². The minimum Gasteiger partial charge on any atom is -0.490 e. The molecule has 4 N–H and O–H groups in total. The van der Waals surface area contributed by atoms with E-state index in [2.05, 4.69) is 10.2 Å². The molecule has 8 nitrogen and oxygen atoms in total.